The first kappa shape index (κ1) is 18.9. The molecule has 124 valence electrons. The highest BCUT2D eigenvalue weighted by molar-refractivity contribution is 5.79. The molecule has 0 spiro atoms. The molecule has 2 aromatic rings. The summed E-state index contributed by atoms with van der Waals surface area (Å²) in [6, 6.07) is 10.4. The maximum atomic E-state index is 8.88. The van der Waals surface area contributed by atoms with Crippen molar-refractivity contribution in [1.29, 1.82) is 0 Å². The number of hydrogen-bond donors (Lipinski definition) is 1. The van der Waals surface area contributed by atoms with Crippen molar-refractivity contribution < 1.29 is 5.11 Å². The van der Waals surface area contributed by atoms with Crippen molar-refractivity contribution in [3.05, 3.63) is 66.0 Å². The van der Waals surface area contributed by atoms with Gasteiger partial charge in [0.15, 0.2) is 0 Å². The lowest BCUT2D eigenvalue weighted by molar-refractivity contribution is 0.342. The predicted molar refractivity (Wildman–Crippen MR) is 99.3 cm³/mol. The summed E-state index contributed by atoms with van der Waals surface area (Å²) in [5, 5.41) is 10.0. The first-order chi connectivity index (χ1) is 11.2. The molecule has 1 aromatic heterocycles. The van der Waals surface area contributed by atoms with E-state index in [1.807, 2.05) is 51.1 Å². The fourth-order valence-electron chi connectivity index (χ4n) is 2.36. The number of aliphatic hydroxyl groups is 1. The topological polar surface area (TPSA) is 36.4 Å². The Morgan fingerprint density at radius 2 is 1.91 bits per heavy atom. The molecule has 0 unspecified atom stereocenters. The standard InChI is InChI=1S/C18H22N2O.C2H6/c1-3-11-20(2)14-16-13-15-8-4-5-9-17(15)19-18(16)10-6-7-12-21;1-2/h3-9,11,13,21H,10,12,14H2,1-2H3;1-2H3/b7-6+,11-3+;. The smallest absolute Gasteiger partial charge is 0.0705 e. The van der Waals surface area contributed by atoms with Crippen molar-refractivity contribution in [2.24, 2.45) is 0 Å². The van der Waals surface area contributed by atoms with Gasteiger partial charge in [-0.25, -0.2) is 0 Å². The molecule has 3 heteroatoms. The van der Waals surface area contributed by atoms with Gasteiger partial charge in [-0.1, -0.05) is 50.3 Å². The van der Waals surface area contributed by atoms with Gasteiger partial charge in [0.1, 0.15) is 0 Å². The minimum atomic E-state index is 0.0708. The molecular weight excluding hydrogens is 284 g/mol. The molecule has 0 aliphatic carbocycles. The summed E-state index contributed by atoms with van der Waals surface area (Å²) in [5.74, 6) is 0. The molecule has 0 saturated carbocycles. The van der Waals surface area contributed by atoms with Crippen LogP contribution in [-0.2, 0) is 13.0 Å². The molecule has 1 heterocycles. The van der Waals surface area contributed by atoms with E-state index in [9.17, 15) is 0 Å². The van der Waals surface area contributed by atoms with E-state index in [1.165, 1.54) is 5.56 Å². The lowest BCUT2D eigenvalue weighted by Crippen LogP contribution is -2.12. The number of para-hydroxylation sites is 1. The summed E-state index contributed by atoms with van der Waals surface area (Å²) in [7, 11) is 2.06. The Hall–Kier alpha value is -2.13. The van der Waals surface area contributed by atoms with Crippen molar-refractivity contribution in [2.75, 3.05) is 13.7 Å². The highest BCUT2D eigenvalue weighted by Crippen LogP contribution is 2.19. The Morgan fingerprint density at radius 1 is 1.17 bits per heavy atom. The summed E-state index contributed by atoms with van der Waals surface area (Å²) < 4.78 is 0. The van der Waals surface area contributed by atoms with Gasteiger partial charge >= 0.3 is 0 Å². The monoisotopic (exact) mass is 312 g/mol. The minimum Gasteiger partial charge on any atom is -0.392 e. The van der Waals surface area contributed by atoms with E-state index >= 15 is 0 Å². The highest BCUT2D eigenvalue weighted by atomic mass is 16.2. The van der Waals surface area contributed by atoms with E-state index in [4.69, 9.17) is 10.1 Å². The van der Waals surface area contributed by atoms with Crippen LogP contribution >= 0.6 is 0 Å². The van der Waals surface area contributed by atoms with Gasteiger partial charge in [-0.2, -0.15) is 0 Å². The van der Waals surface area contributed by atoms with E-state index in [1.54, 1.807) is 6.08 Å². The normalized spacial score (nSPS) is 11.0. The number of hydrogen-bond acceptors (Lipinski definition) is 3. The molecule has 23 heavy (non-hydrogen) atoms. The van der Waals surface area contributed by atoms with Crippen molar-refractivity contribution in [3.8, 4) is 0 Å². The second-order valence-electron chi connectivity index (χ2n) is 5.04. The van der Waals surface area contributed by atoms with Gasteiger partial charge in [-0.3, -0.25) is 4.98 Å². The van der Waals surface area contributed by atoms with Gasteiger partial charge in [0.25, 0.3) is 0 Å². The van der Waals surface area contributed by atoms with Gasteiger partial charge in [0.2, 0.25) is 0 Å². The zero-order valence-corrected chi connectivity index (χ0v) is 14.7. The molecule has 0 bridgehead atoms. The Balaban J connectivity index is 0.00000127. The maximum absolute atomic E-state index is 8.88. The molecule has 0 fully saturated rings. The summed E-state index contributed by atoms with van der Waals surface area (Å²) >= 11 is 0. The molecule has 0 aliphatic rings. The predicted octanol–water partition coefficient (Wildman–Crippen LogP) is 4.32. The number of pyridine rings is 1. The van der Waals surface area contributed by atoms with Crippen LogP contribution in [0, 0.1) is 0 Å². The number of nitrogens with zero attached hydrogens (tertiary/aromatic N) is 2. The van der Waals surface area contributed by atoms with Crippen LogP contribution in [0.2, 0.25) is 0 Å². The van der Waals surface area contributed by atoms with Crippen LogP contribution in [0.15, 0.2) is 54.8 Å². The van der Waals surface area contributed by atoms with Crippen LogP contribution in [-0.4, -0.2) is 28.6 Å². The number of aliphatic hydroxyl groups excluding tert-OH is 1. The maximum Gasteiger partial charge on any atom is 0.0705 e. The van der Waals surface area contributed by atoms with Gasteiger partial charge in [-0.05, 0) is 30.8 Å². The molecule has 0 saturated heterocycles. The highest BCUT2D eigenvalue weighted by Gasteiger charge is 2.07. The lowest BCUT2D eigenvalue weighted by Gasteiger charge is -2.16. The van der Waals surface area contributed by atoms with Crippen molar-refractivity contribution in [3.63, 3.8) is 0 Å². The van der Waals surface area contributed by atoms with E-state index < -0.39 is 0 Å². The Morgan fingerprint density at radius 3 is 2.61 bits per heavy atom. The summed E-state index contributed by atoms with van der Waals surface area (Å²) in [5.41, 5.74) is 3.30. The zero-order chi connectivity index (χ0) is 17.1. The Bertz CT molecular complexity index is 647. The summed E-state index contributed by atoms with van der Waals surface area (Å²) in [6.45, 7) is 6.91. The summed E-state index contributed by atoms with van der Waals surface area (Å²) in [4.78, 5) is 6.92. The van der Waals surface area contributed by atoms with Gasteiger partial charge in [0, 0.05) is 31.1 Å². The SMILES string of the molecule is C/C=C/N(C)Cc1cc2ccccc2nc1C/C=C/CO.CC. The molecule has 2 rings (SSSR count). The molecular formula is C20H28N2O. The second-order valence-corrected chi connectivity index (χ2v) is 5.04. The average molecular weight is 312 g/mol. The number of rotatable bonds is 6. The Labute approximate surface area is 140 Å². The fourth-order valence-corrected chi connectivity index (χ4v) is 2.36. The first-order valence-corrected chi connectivity index (χ1v) is 8.21. The first-order valence-electron chi connectivity index (χ1n) is 8.21. The summed E-state index contributed by atoms with van der Waals surface area (Å²) in [6.07, 6.45) is 8.55. The van der Waals surface area contributed by atoms with Gasteiger partial charge in [0.05, 0.1) is 12.1 Å². The molecule has 1 N–H and O–H groups in total. The number of aromatic nitrogens is 1. The molecule has 0 aliphatic heterocycles. The Kier molecular flexibility index (Phi) is 8.70. The second kappa shape index (κ2) is 10.6. The van der Waals surface area contributed by atoms with Crippen molar-refractivity contribution in [1.82, 2.24) is 9.88 Å². The molecule has 0 radical (unpaired) electrons. The van der Waals surface area contributed by atoms with Crippen LogP contribution in [0.5, 0.6) is 0 Å². The van der Waals surface area contributed by atoms with Crippen molar-refractivity contribution >= 4 is 10.9 Å². The quantitative estimate of drug-likeness (QED) is 0.807. The number of fused-ring (bicyclic) bond motifs is 1. The minimum absolute atomic E-state index is 0.0708. The lowest BCUT2D eigenvalue weighted by atomic mass is 10.1. The van der Waals surface area contributed by atoms with Crippen molar-refractivity contribution in [2.45, 2.75) is 33.7 Å². The number of benzene rings is 1. The van der Waals surface area contributed by atoms with E-state index in [0.29, 0.717) is 0 Å². The van der Waals surface area contributed by atoms with Gasteiger partial charge in [-0.15, -0.1) is 0 Å². The van der Waals surface area contributed by atoms with Crippen LogP contribution in [0.4, 0.5) is 0 Å². The molecule has 1 aromatic carbocycles. The van der Waals surface area contributed by atoms with Crippen LogP contribution in [0.3, 0.4) is 0 Å². The largest absolute Gasteiger partial charge is 0.392 e. The third kappa shape index (κ3) is 5.87. The number of allylic oxidation sites excluding steroid dienone is 2. The van der Waals surface area contributed by atoms with Crippen LogP contribution in [0.25, 0.3) is 10.9 Å². The van der Waals surface area contributed by atoms with E-state index in [0.717, 1.165) is 29.6 Å². The van der Waals surface area contributed by atoms with Crippen LogP contribution < -0.4 is 0 Å². The van der Waals surface area contributed by atoms with Gasteiger partial charge < -0.3 is 10.0 Å². The molecule has 0 atom stereocenters. The van der Waals surface area contributed by atoms with E-state index in [-0.39, 0.29) is 6.61 Å². The third-order valence-electron chi connectivity index (χ3n) is 3.30. The van der Waals surface area contributed by atoms with Crippen LogP contribution in [0.1, 0.15) is 32.0 Å². The van der Waals surface area contributed by atoms with E-state index in [2.05, 4.69) is 30.3 Å². The third-order valence-corrected chi connectivity index (χ3v) is 3.30. The zero-order valence-electron chi connectivity index (χ0n) is 14.7. The average Bonchev–Trinajstić information content (AvgIpc) is 2.57. The molecule has 3 nitrogen and oxygen atoms in total. The molecule has 0 amide bonds. The fraction of sp³-hybridized carbons (Fsp3) is 0.350.